The number of rotatable bonds is 9. The van der Waals surface area contributed by atoms with E-state index in [4.69, 9.17) is 13.7 Å². The summed E-state index contributed by atoms with van der Waals surface area (Å²) in [5.41, 5.74) is 1.74. The lowest BCUT2D eigenvalue weighted by molar-refractivity contribution is -0.147. The summed E-state index contributed by atoms with van der Waals surface area (Å²) in [6, 6.07) is 18.7. The molecule has 1 aliphatic rings. The molecule has 0 radical (unpaired) electrons. The predicted octanol–water partition coefficient (Wildman–Crippen LogP) is 3.55. The van der Waals surface area contributed by atoms with Crippen LogP contribution in [0.15, 0.2) is 77.7 Å². The minimum Gasteiger partial charge on any atom is -0.497 e. The minimum atomic E-state index is -4.02. The number of methoxy groups -OCH3 is 1. The number of aryl methyl sites for hydroxylation is 1. The summed E-state index contributed by atoms with van der Waals surface area (Å²) in [7, 11) is -2.50. The monoisotopic (exact) mass is 523 g/mol. The fraction of sp³-hybridized carbons (Fsp3) is 0.222. The van der Waals surface area contributed by atoms with E-state index in [0.717, 1.165) is 5.56 Å². The summed E-state index contributed by atoms with van der Waals surface area (Å²) in [6.45, 7) is 1.47. The van der Waals surface area contributed by atoms with Crippen LogP contribution in [0, 0.1) is 12.8 Å². The third-order valence-electron chi connectivity index (χ3n) is 5.86. The molecular weight excluding hydrogens is 498 g/mol. The van der Waals surface area contributed by atoms with E-state index in [1.807, 2.05) is 6.92 Å². The summed E-state index contributed by atoms with van der Waals surface area (Å²) < 4.78 is 40.3. The second kappa shape index (κ2) is 10.8. The van der Waals surface area contributed by atoms with Crippen molar-refractivity contribution < 1.29 is 36.5 Å². The Hall–Kier alpha value is -4.18. The second-order valence-corrected chi connectivity index (χ2v) is 10.1. The Kier molecular flexibility index (Phi) is 7.58. The number of hydrogen-bond acceptors (Lipinski definition) is 8. The number of esters is 1. The van der Waals surface area contributed by atoms with E-state index in [1.165, 1.54) is 48.4 Å². The molecule has 1 atom stereocenters. The molecule has 9 nitrogen and oxygen atoms in total. The van der Waals surface area contributed by atoms with Crippen LogP contribution in [0.3, 0.4) is 0 Å². The van der Waals surface area contributed by atoms with Crippen LogP contribution in [0.2, 0.25) is 0 Å². The largest absolute Gasteiger partial charge is 0.497 e. The van der Waals surface area contributed by atoms with Crippen LogP contribution in [0.1, 0.15) is 22.3 Å². The molecule has 3 aromatic carbocycles. The van der Waals surface area contributed by atoms with Crippen molar-refractivity contribution in [2.45, 2.75) is 18.2 Å². The van der Waals surface area contributed by atoms with Crippen LogP contribution in [-0.2, 0) is 24.4 Å². The lowest BCUT2D eigenvalue weighted by Gasteiger charge is -2.17. The Balaban J connectivity index is 1.31. The van der Waals surface area contributed by atoms with Gasteiger partial charge in [-0.05, 0) is 55.5 Å². The third kappa shape index (κ3) is 6.15. The number of carbonyl (C=O) groups is 3. The van der Waals surface area contributed by atoms with Gasteiger partial charge in [-0.3, -0.25) is 14.4 Å². The summed E-state index contributed by atoms with van der Waals surface area (Å²) in [4.78, 5) is 39.0. The summed E-state index contributed by atoms with van der Waals surface area (Å²) in [5.74, 6) is -1.42. The lowest BCUT2D eigenvalue weighted by atomic mass is 10.1. The molecule has 0 aliphatic carbocycles. The van der Waals surface area contributed by atoms with E-state index >= 15 is 0 Å². The van der Waals surface area contributed by atoms with Gasteiger partial charge < -0.3 is 18.6 Å². The van der Waals surface area contributed by atoms with Crippen molar-refractivity contribution in [2.75, 3.05) is 25.2 Å². The van der Waals surface area contributed by atoms with Gasteiger partial charge in [0.25, 0.3) is 0 Å². The fourth-order valence-corrected chi connectivity index (χ4v) is 4.74. The highest BCUT2D eigenvalue weighted by Gasteiger charge is 2.36. The highest BCUT2D eigenvalue weighted by molar-refractivity contribution is 7.87. The van der Waals surface area contributed by atoms with Crippen molar-refractivity contribution in [2.24, 2.45) is 5.92 Å². The summed E-state index contributed by atoms with van der Waals surface area (Å²) in [5, 5.41) is 0. The smallest absolute Gasteiger partial charge is 0.339 e. The van der Waals surface area contributed by atoms with Gasteiger partial charge in [0.05, 0.1) is 13.0 Å². The maximum absolute atomic E-state index is 12.5. The van der Waals surface area contributed by atoms with Gasteiger partial charge in [-0.15, -0.1) is 0 Å². The number of hydrogen-bond donors (Lipinski definition) is 0. The molecule has 3 aromatic rings. The number of anilines is 1. The van der Waals surface area contributed by atoms with E-state index in [1.54, 1.807) is 36.4 Å². The van der Waals surface area contributed by atoms with E-state index in [-0.39, 0.29) is 35.1 Å². The van der Waals surface area contributed by atoms with Crippen LogP contribution < -0.4 is 13.8 Å². The molecule has 1 heterocycles. The van der Waals surface area contributed by atoms with E-state index in [0.29, 0.717) is 11.4 Å². The van der Waals surface area contributed by atoms with Gasteiger partial charge >= 0.3 is 16.1 Å². The predicted molar refractivity (Wildman–Crippen MR) is 134 cm³/mol. The van der Waals surface area contributed by atoms with Gasteiger partial charge in [0.1, 0.15) is 16.4 Å². The van der Waals surface area contributed by atoms with E-state index in [2.05, 4.69) is 0 Å². The summed E-state index contributed by atoms with van der Waals surface area (Å²) in [6.07, 6.45) is -0.0221. The Bertz CT molecular complexity index is 1420. The number of ketones is 1. The Morgan fingerprint density at radius 1 is 0.973 bits per heavy atom. The highest BCUT2D eigenvalue weighted by Crippen LogP contribution is 2.28. The topological polar surface area (TPSA) is 116 Å². The molecule has 1 amide bonds. The van der Waals surface area contributed by atoms with Gasteiger partial charge in [0.15, 0.2) is 12.4 Å². The fourth-order valence-electron chi connectivity index (χ4n) is 3.81. The molecule has 0 aromatic heterocycles. The van der Waals surface area contributed by atoms with Crippen molar-refractivity contribution in [3.05, 3.63) is 83.9 Å². The SMILES string of the molecule is COc1cccc(N2CC(C(=O)OCC(=O)c3ccc(OS(=O)(=O)c4ccc(C)cc4)cc3)CC2=O)c1. The molecule has 1 saturated heterocycles. The number of amides is 1. The standard InChI is InChI=1S/C27H25NO8S/c1-18-6-12-24(13-7-18)37(32,33)36-22-10-8-19(9-11-22)25(29)17-35-27(31)20-14-26(30)28(16-20)21-4-3-5-23(15-21)34-2/h3-13,15,20H,14,16-17H2,1-2H3. The van der Waals surface area contributed by atoms with E-state index in [9.17, 15) is 22.8 Å². The molecule has 10 heteroatoms. The zero-order valence-electron chi connectivity index (χ0n) is 20.2. The maximum Gasteiger partial charge on any atom is 0.339 e. The van der Waals surface area contributed by atoms with Crippen LogP contribution in [0.25, 0.3) is 0 Å². The normalized spacial score (nSPS) is 15.4. The Morgan fingerprint density at radius 2 is 1.68 bits per heavy atom. The number of ether oxygens (including phenoxy) is 2. The molecule has 1 aliphatic heterocycles. The molecule has 0 saturated carbocycles. The summed E-state index contributed by atoms with van der Waals surface area (Å²) >= 11 is 0. The van der Waals surface area contributed by atoms with Crippen LogP contribution >= 0.6 is 0 Å². The molecule has 0 spiro atoms. The van der Waals surface area contributed by atoms with Gasteiger partial charge in [0, 0.05) is 30.3 Å². The molecule has 0 N–H and O–H groups in total. The van der Waals surface area contributed by atoms with Crippen molar-refractivity contribution in [3.8, 4) is 11.5 Å². The quantitative estimate of drug-likeness (QED) is 0.238. The molecular formula is C27H25NO8S. The molecule has 1 unspecified atom stereocenters. The van der Waals surface area contributed by atoms with Gasteiger partial charge in [-0.1, -0.05) is 23.8 Å². The second-order valence-electron chi connectivity index (χ2n) is 8.51. The van der Waals surface area contributed by atoms with Crippen molar-refractivity contribution >= 4 is 33.5 Å². The first-order valence-electron chi connectivity index (χ1n) is 11.4. The average molecular weight is 524 g/mol. The zero-order valence-corrected chi connectivity index (χ0v) is 21.1. The first-order valence-corrected chi connectivity index (χ1v) is 12.8. The minimum absolute atomic E-state index is 0.0144. The first-order chi connectivity index (χ1) is 17.7. The van der Waals surface area contributed by atoms with Gasteiger partial charge in [0.2, 0.25) is 5.91 Å². The molecule has 37 heavy (non-hydrogen) atoms. The first kappa shape index (κ1) is 25.9. The maximum atomic E-state index is 12.5. The molecule has 192 valence electrons. The highest BCUT2D eigenvalue weighted by atomic mass is 32.2. The lowest BCUT2D eigenvalue weighted by Crippen LogP contribution is -2.27. The van der Waals surface area contributed by atoms with Crippen molar-refractivity contribution in [1.82, 2.24) is 0 Å². The third-order valence-corrected chi connectivity index (χ3v) is 7.12. The number of carbonyl (C=O) groups excluding carboxylic acids is 3. The number of Topliss-reactive ketones (excluding diaryl/α,β-unsaturated/α-hetero) is 1. The Morgan fingerprint density at radius 3 is 2.35 bits per heavy atom. The molecule has 1 fully saturated rings. The average Bonchev–Trinajstić information content (AvgIpc) is 3.29. The van der Waals surface area contributed by atoms with Gasteiger partial charge in [-0.2, -0.15) is 8.42 Å². The van der Waals surface area contributed by atoms with Gasteiger partial charge in [-0.25, -0.2) is 0 Å². The molecule has 0 bridgehead atoms. The van der Waals surface area contributed by atoms with Crippen molar-refractivity contribution in [3.63, 3.8) is 0 Å². The Labute approximate surface area is 214 Å². The van der Waals surface area contributed by atoms with E-state index < -0.39 is 34.4 Å². The van der Waals surface area contributed by atoms with Crippen molar-refractivity contribution in [1.29, 1.82) is 0 Å². The number of nitrogens with zero attached hydrogens (tertiary/aromatic N) is 1. The van der Waals surface area contributed by atoms with Crippen LogP contribution in [0.4, 0.5) is 5.69 Å². The van der Waals surface area contributed by atoms with Crippen LogP contribution in [-0.4, -0.2) is 46.3 Å². The molecule has 4 rings (SSSR count). The number of benzene rings is 3. The van der Waals surface area contributed by atoms with Crippen LogP contribution in [0.5, 0.6) is 11.5 Å². The zero-order chi connectivity index (χ0) is 26.6.